The fourth-order valence-electron chi connectivity index (χ4n) is 3.82. The highest BCUT2D eigenvalue weighted by molar-refractivity contribution is 5.83. The summed E-state index contributed by atoms with van der Waals surface area (Å²) in [5.74, 6) is -5.41. The van der Waals surface area contributed by atoms with Gasteiger partial charge in [-0.3, -0.25) is 4.79 Å². The molecule has 0 saturated heterocycles. The highest BCUT2D eigenvalue weighted by atomic mass is 19.3. The molecule has 1 heterocycles. The van der Waals surface area contributed by atoms with Gasteiger partial charge in [-0.25, -0.2) is 13.5 Å². The Kier molecular flexibility index (Phi) is 6.51. The van der Waals surface area contributed by atoms with Crippen molar-refractivity contribution in [2.45, 2.75) is 38.8 Å². The summed E-state index contributed by atoms with van der Waals surface area (Å²) >= 11 is 0. The number of carbonyl (C=O) groups excluding carboxylic acids is 1. The number of aromatic nitrogens is 2. The number of carbonyl (C=O) groups is 1. The number of halogens is 4. The predicted octanol–water partition coefficient (Wildman–Crippen LogP) is 5.89. The van der Waals surface area contributed by atoms with E-state index in [-0.39, 0.29) is 5.82 Å². The summed E-state index contributed by atoms with van der Waals surface area (Å²) in [7, 11) is 0. The van der Waals surface area contributed by atoms with Crippen molar-refractivity contribution >= 4 is 16.8 Å². The van der Waals surface area contributed by atoms with Crippen molar-refractivity contribution in [1.29, 1.82) is 0 Å². The van der Waals surface area contributed by atoms with Crippen LogP contribution < -0.4 is 10.1 Å². The molecule has 1 amide bonds. The first-order valence-corrected chi connectivity index (χ1v) is 10.9. The molecule has 0 fully saturated rings. The van der Waals surface area contributed by atoms with Gasteiger partial charge in [0.15, 0.2) is 0 Å². The average Bonchev–Trinajstić information content (AvgIpc) is 3.21. The van der Waals surface area contributed by atoms with Gasteiger partial charge in [-0.05, 0) is 79.6 Å². The van der Waals surface area contributed by atoms with Crippen LogP contribution in [-0.4, -0.2) is 27.7 Å². The van der Waals surface area contributed by atoms with Crippen molar-refractivity contribution in [2.75, 3.05) is 0 Å². The van der Waals surface area contributed by atoms with Gasteiger partial charge in [0.2, 0.25) is 0 Å². The van der Waals surface area contributed by atoms with Gasteiger partial charge in [-0.2, -0.15) is 13.9 Å². The summed E-state index contributed by atoms with van der Waals surface area (Å²) in [6.07, 6.45) is 0.735. The number of fused-ring (bicyclic) bond motifs is 1. The van der Waals surface area contributed by atoms with Crippen LogP contribution in [0.3, 0.4) is 0 Å². The van der Waals surface area contributed by atoms with E-state index >= 15 is 0 Å². The fraction of sp³-hybridized carbons (Fsp3) is 0.231. The molecule has 2 atom stereocenters. The molecule has 0 bridgehead atoms. The first-order valence-electron chi connectivity index (χ1n) is 10.9. The van der Waals surface area contributed by atoms with Crippen LogP contribution in [0.25, 0.3) is 16.6 Å². The maximum Gasteiger partial charge on any atom is 0.321 e. The number of aryl methyl sites for hydroxylation is 1. The summed E-state index contributed by atoms with van der Waals surface area (Å²) < 4.78 is 61.8. The lowest BCUT2D eigenvalue weighted by molar-refractivity contribution is -0.144. The van der Waals surface area contributed by atoms with E-state index in [4.69, 9.17) is 4.74 Å². The van der Waals surface area contributed by atoms with Crippen LogP contribution in [0.1, 0.15) is 31.1 Å². The van der Waals surface area contributed by atoms with E-state index in [2.05, 4.69) is 10.4 Å². The molecule has 0 aliphatic heterocycles. The fourth-order valence-corrected chi connectivity index (χ4v) is 3.82. The van der Waals surface area contributed by atoms with Gasteiger partial charge in [-0.15, -0.1) is 0 Å². The Morgan fingerprint density at radius 2 is 1.71 bits per heavy atom. The molecule has 4 rings (SSSR count). The number of rotatable bonds is 7. The number of nitrogens with one attached hydrogen (secondary N) is 1. The lowest BCUT2D eigenvalue weighted by atomic mass is 9.98. The van der Waals surface area contributed by atoms with E-state index < -0.39 is 29.8 Å². The molecule has 1 N–H and O–H groups in total. The highest BCUT2D eigenvalue weighted by Crippen LogP contribution is 2.31. The van der Waals surface area contributed by atoms with Crippen LogP contribution in [0.5, 0.6) is 5.75 Å². The molecule has 0 spiro atoms. The number of ether oxygens (including phenoxy) is 1. The number of benzene rings is 3. The predicted molar refractivity (Wildman–Crippen MR) is 124 cm³/mol. The van der Waals surface area contributed by atoms with E-state index in [0.717, 1.165) is 10.9 Å². The Bertz CT molecular complexity index is 1360. The third-order valence-electron chi connectivity index (χ3n) is 5.62. The van der Waals surface area contributed by atoms with Crippen molar-refractivity contribution in [3.63, 3.8) is 0 Å². The zero-order valence-corrected chi connectivity index (χ0v) is 19.2. The normalized spacial score (nSPS) is 13.5. The molecular weight excluding hydrogens is 462 g/mol. The van der Waals surface area contributed by atoms with Crippen molar-refractivity contribution in [3.05, 3.63) is 89.6 Å². The lowest BCUT2D eigenvalue weighted by Crippen LogP contribution is -2.46. The van der Waals surface area contributed by atoms with E-state index in [1.54, 1.807) is 55.1 Å². The number of hydrogen-bond acceptors (Lipinski definition) is 3. The van der Waals surface area contributed by atoms with Crippen LogP contribution in [-0.2, 0) is 4.79 Å². The number of amides is 1. The molecule has 182 valence electrons. The maximum atomic E-state index is 13.7. The van der Waals surface area contributed by atoms with Crippen molar-refractivity contribution < 1.29 is 27.1 Å². The topological polar surface area (TPSA) is 56.1 Å². The Balaban J connectivity index is 1.67. The SMILES string of the molecule is Cc1cc(F)ccc1C(Oc1ccc2c(cnn2-c2ccc(F)cc2)c1)C(C)NC(=O)C(C)(F)F. The molecule has 5 nitrogen and oxygen atoms in total. The summed E-state index contributed by atoms with van der Waals surface area (Å²) in [4.78, 5) is 11.9. The molecular formula is C26H23F4N3O2. The van der Waals surface area contributed by atoms with Crippen LogP contribution in [0.2, 0.25) is 0 Å². The molecule has 0 aliphatic rings. The van der Waals surface area contributed by atoms with Crippen molar-refractivity contribution in [2.24, 2.45) is 0 Å². The summed E-state index contributed by atoms with van der Waals surface area (Å²) in [6.45, 7) is 3.73. The smallest absolute Gasteiger partial charge is 0.321 e. The van der Waals surface area contributed by atoms with E-state index in [0.29, 0.717) is 29.5 Å². The minimum absolute atomic E-state index is 0.356. The Morgan fingerprint density at radius 3 is 2.37 bits per heavy atom. The van der Waals surface area contributed by atoms with Gasteiger partial charge in [0.25, 0.3) is 5.91 Å². The van der Waals surface area contributed by atoms with Gasteiger partial charge < -0.3 is 10.1 Å². The molecule has 35 heavy (non-hydrogen) atoms. The second kappa shape index (κ2) is 9.40. The lowest BCUT2D eigenvalue weighted by Gasteiger charge is -2.28. The summed E-state index contributed by atoms with van der Waals surface area (Å²) in [5, 5.41) is 7.37. The summed E-state index contributed by atoms with van der Waals surface area (Å²) in [5.41, 5.74) is 2.50. The number of alkyl halides is 2. The second-order valence-corrected chi connectivity index (χ2v) is 8.44. The van der Waals surface area contributed by atoms with E-state index in [1.165, 1.54) is 30.3 Å². The molecule has 0 aliphatic carbocycles. The van der Waals surface area contributed by atoms with Gasteiger partial charge >= 0.3 is 5.92 Å². The molecule has 1 aromatic heterocycles. The molecule has 0 saturated carbocycles. The molecule has 3 aromatic carbocycles. The van der Waals surface area contributed by atoms with E-state index in [1.807, 2.05) is 0 Å². The van der Waals surface area contributed by atoms with Crippen molar-refractivity contribution in [1.82, 2.24) is 15.1 Å². The zero-order chi connectivity index (χ0) is 25.3. The summed E-state index contributed by atoms with van der Waals surface area (Å²) in [6, 6.07) is 14.2. The van der Waals surface area contributed by atoms with Gasteiger partial charge in [0, 0.05) is 12.3 Å². The largest absolute Gasteiger partial charge is 0.484 e. The number of hydrogen-bond donors (Lipinski definition) is 1. The van der Waals surface area contributed by atoms with Gasteiger partial charge in [0.05, 0.1) is 23.4 Å². The Morgan fingerprint density at radius 1 is 1.03 bits per heavy atom. The van der Waals surface area contributed by atoms with Crippen LogP contribution >= 0.6 is 0 Å². The minimum Gasteiger partial charge on any atom is -0.484 e. The monoisotopic (exact) mass is 485 g/mol. The number of nitrogens with zero attached hydrogens (tertiary/aromatic N) is 2. The highest BCUT2D eigenvalue weighted by Gasteiger charge is 2.35. The first kappa shape index (κ1) is 24.3. The average molecular weight is 485 g/mol. The third-order valence-corrected chi connectivity index (χ3v) is 5.62. The molecule has 2 unspecified atom stereocenters. The van der Waals surface area contributed by atoms with Gasteiger partial charge in [-0.1, -0.05) is 6.07 Å². The molecule has 9 heteroatoms. The van der Waals surface area contributed by atoms with Crippen LogP contribution in [0.4, 0.5) is 17.6 Å². The molecule has 0 radical (unpaired) electrons. The van der Waals surface area contributed by atoms with Crippen LogP contribution in [0, 0.1) is 18.6 Å². The van der Waals surface area contributed by atoms with Crippen molar-refractivity contribution in [3.8, 4) is 11.4 Å². The third kappa shape index (κ3) is 5.29. The second-order valence-electron chi connectivity index (χ2n) is 8.44. The Labute approximate surface area is 199 Å². The quantitative estimate of drug-likeness (QED) is 0.332. The first-order chi connectivity index (χ1) is 16.5. The minimum atomic E-state index is -3.56. The van der Waals surface area contributed by atoms with Gasteiger partial charge in [0.1, 0.15) is 23.5 Å². The Hall–Kier alpha value is -3.88. The van der Waals surface area contributed by atoms with Crippen LogP contribution in [0.15, 0.2) is 66.9 Å². The standard InChI is InChI=1S/C26H23F4N3O2/c1-15-12-19(28)6-10-22(15)24(16(2)32-25(34)26(3,29)30)35-21-9-11-23-17(13-21)14-31-33(23)20-7-4-18(27)5-8-20/h4-14,16,24H,1-3H3,(H,32,34). The zero-order valence-electron chi connectivity index (χ0n) is 19.2. The van der Waals surface area contributed by atoms with E-state index in [9.17, 15) is 22.4 Å². The molecule has 4 aromatic rings. The maximum absolute atomic E-state index is 13.7.